The highest BCUT2D eigenvalue weighted by atomic mass is 32.2. The van der Waals surface area contributed by atoms with Gasteiger partial charge in [0.05, 0.1) is 5.25 Å². The summed E-state index contributed by atoms with van der Waals surface area (Å²) in [6.07, 6.45) is 0.647. The van der Waals surface area contributed by atoms with Gasteiger partial charge < -0.3 is 0 Å². The standard InChI is InChI=1S/C16H14OS/c17-14-11-15(12-7-3-1-4-8-12)18-16(14)13-9-5-2-6-10-13/h1-10,15-16H,11H2. The van der Waals surface area contributed by atoms with Crippen molar-refractivity contribution in [3.63, 3.8) is 0 Å². The minimum atomic E-state index is 0.0106. The quantitative estimate of drug-likeness (QED) is 0.800. The molecule has 0 bridgehead atoms. The van der Waals surface area contributed by atoms with Crippen molar-refractivity contribution in [2.45, 2.75) is 16.9 Å². The second-order valence-corrected chi connectivity index (χ2v) is 5.81. The van der Waals surface area contributed by atoms with Crippen LogP contribution in [0, 0.1) is 0 Å². The summed E-state index contributed by atoms with van der Waals surface area (Å²) in [7, 11) is 0. The predicted octanol–water partition coefficient (Wildman–Crippen LogP) is 4.18. The minimum Gasteiger partial charge on any atom is -0.298 e. The molecule has 2 heteroatoms. The van der Waals surface area contributed by atoms with Crippen LogP contribution in [-0.4, -0.2) is 5.78 Å². The summed E-state index contributed by atoms with van der Waals surface area (Å²) in [6.45, 7) is 0. The Bertz CT molecular complexity index is 536. The Morgan fingerprint density at radius 2 is 1.39 bits per heavy atom. The number of hydrogen-bond donors (Lipinski definition) is 0. The number of carbonyl (C=O) groups excluding carboxylic acids is 1. The molecule has 0 saturated carbocycles. The minimum absolute atomic E-state index is 0.0106. The largest absolute Gasteiger partial charge is 0.298 e. The van der Waals surface area contributed by atoms with Gasteiger partial charge in [-0.2, -0.15) is 0 Å². The molecule has 2 aromatic carbocycles. The van der Waals surface area contributed by atoms with E-state index in [4.69, 9.17) is 0 Å². The Hall–Kier alpha value is -1.54. The van der Waals surface area contributed by atoms with E-state index >= 15 is 0 Å². The number of carbonyl (C=O) groups is 1. The Balaban J connectivity index is 1.83. The number of benzene rings is 2. The van der Waals surface area contributed by atoms with Crippen LogP contribution in [0.4, 0.5) is 0 Å². The van der Waals surface area contributed by atoms with Crippen LogP contribution in [0.3, 0.4) is 0 Å². The summed E-state index contributed by atoms with van der Waals surface area (Å²) in [5.41, 5.74) is 2.39. The van der Waals surface area contributed by atoms with Crippen LogP contribution < -0.4 is 0 Å². The van der Waals surface area contributed by atoms with Gasteiger partial charge in [-0.25, -0.2) is 0 Å². The lowest BCUT2D eigenvalue weighted by molar-refractivity contribution is -0.118. The van der Waals surface area contributed by atoms with E-state index in [1.165, 1.54) is 5.56 Å². The molecule has 0 aliphatic carbocycles. The summed E-state index contributed by atoms with van der Waals surface area (Å²) < 4.78 is 0. The zero-order chi connectivity index (χ0) is 12.4. The van der Waals surface area contributed by atoms with Gasteiger partial charge >= 0.3 is 0 Å². The highest BCUT2D eigenvalue weighted by molar-refractivity contribution is 8.01. The number of rotatable bonds is 2. The lowest BCUT2D eigenvalue weighted by atomic mass is 10.0. The smallest absolute Gasteiger partial charge is 0.151 e. The third-order valence-corrected chi connectivity index (χ3v) is 4.83. The Kier molecular flexibility index (Phi) is 3.20. The maximum Gasteiger partial charge on any atom is 0.151 e. The van der Waals surface area contributed by atoms with Gasteiger partial charge in [-0.3, -0.25) is 4.79 Å². The van der Waals surface area contributed by atoms with Crippen molar-refractivity contribution < 1.29 is 4.79 Å². The molecule has 2 atom stereocenters. The molecule has 1 heterocycles. The summed E-state index contributed by atoms with van der Waals surface area (Å²) in [5.74, 6) is 0.347. The van der Waals surface area contributed by atoms with E-state index in [0.717, 1.165) is 5.56 Å². The molecule has 1 saturated heterocycles. The molecule has 18 heavy (non-hydrogen) atoms. The molecule has 1 aliphatic rings. The summed E-state index contributed by atoms with van der Waals surface area (Å²) in [6, 6.07) is 20.4. The normalized spacial score (nSPS) is 23.2. The number of thioether (sulfide) groups is 1. The van der Waals surface area contributed by atoms with Crippen molar-refractivity contribution in [1.29, 1.82) is 0 Å². The molecule has 0 amide bonds. The highest BCUT2D eigenvalue weighted by Crippen LogP contribution is 2.50. The monoisotopic (exact) mass is 254 g/mol. The Morgan fingerprint density at radius 3 is 2.00 bits per heavy atom. The van der Waals surface area contributed by atoms with Gasteiger partial charge in [-0.1, -0.05) is 60.7 Å². The van der Waals surface area contributed by atoms with Crippen LogP contribution in [0.15, 0.2) is 60.7 Å². The highest BCUT2D eigenvalue weighted by Gasteiger charge is 2.34. The van der Waals surface area contributed by atoms with E-state index in [9.17, 15) is 4.79 Å². The lowest BCUT2D eigenvalue weighted by Crippen LogP contribution is -2.01. The van der Waals surface area contributed by atoms with Gasteiger partial charge in [-0.05, 0) is 11.1 Å². The molecule has 2 aromatic rings. The van der Waals surface area contributed by atoms with Crippen molar-refractivity contribution in [3.8, 4) is 0 Å². The zero-order valence-electron chi connectivity index (χ0n) is 9.95. The van der Waals surface area contributed by atoms with Gasteiger partial charge in [0.2, 0.25) is 0 Å². The van der Waals surface area contributed by atoms with Crippen molar-refractivity contribution >= 4 is 17.5 Å². The van der Waals surface area contributed by atoms with E-state index < -0.39 is 0 Å². The third kappa shape index (κ3) is 2.21. The zero-order valence-corrected chi connectivity index (χ0v) is 10.8. The molecule has 0 N–H and O–H groups in total. The molecular formula is C16H14OS. The Morgan fingerprint density at radius 1 is 0.833 bits per heavy atom. The second kappa shape index (κ2) is 4.99. The van der Waals surface area contributed by atoms with Gasteiger partial charge in [-0.15, -0.1) is 11.8 Å². The number of hydrogen-bond acceptors (Lipinski definition) is 2. The van der Waals surface area contributed by atoms with Crippen LogP contribution in [0.25, 0.3) is 0 Å². The molecule has 0 radical (unpaired) electrons. The van der Waals surface area contributed by atoms with Crippen molar-refractivity contribution in [2.24, 2.45) is 0 Å². The summed E-state index contributed by atoms with van der Waals surface area (Å²) in [4.78, 5) is 12.1. The van der Waals surface area contributed by atoms with E-state index in [-0.39, 0.29) is 5.25 Å². The fourth-order valence-corrected chi connectivity index (χ4v) is 3.80. The summed E-state index contributed by atoms with van der Waals surface area (Å²) >= 11 is 1.78. The molecule has 3 rings (SSSR count). The fraction of sp³-hybridized carbons (Fsp3) is 0.188. The topological polar surface area (TPSA) is 17.1 Å². The maximum absolute atomic E-state index is 12.1. The average molecular weight is 254 g/mol. The van der Waals surface area contributed by atoms with Crippen LogP contribution in [0.2, 0.25) is 0 Å². The maximum atomic E-state index is 12.1. The van der Waals surface area contributed by atoms with E-state index in [2.05, 4.69) is 12.1 Å². The molecule has 1 fully saturated rings. The van der Waals surface area contributed by atoms with Crippen molar-refractivity contribution in [2.75, 3.05) is 0 Å². The first-order valence-corrected chi connectivity index (χ1v) is 7.07. The first kappa shape index (κ1) is 11.5. The third-order valence-electron chi connectivity index (χ3n) is 3.25. The van der Waals surface area contributed by atoms with Crippen molar-refractivity contribution in [1.82, 2.24) is 0 Å². The molecule has 0 aromatic heterocycles. The Labute approximate surface area is 111 Å². The molecular weight excluding hydrogens is 240 g/mol. The fourth-order valence-electron chi connectivity index (χ4n) is 2.33. The first-order chi connectivity index (χ1) is 8.84. The van der Waals surface area contributed by atoms with Crippen LogP contribution in [0.1, 0.15) is 28.0 Å². The van der Waals surface area contributed by atoms with Crippen molar-refractivity contribution in [3.05, 3.63) is 71.8 Å². The molecule has 90 valence electrons. The van der Waals surface area contributed by atoms with Crippen LogP contribution in [0.5, 0.6) is 0 Å². The predicted molar refractivity (Wildman–Crippen MR) is 75.6 cm³/mol. The number of ketones is 1. The van der Waals surface area contributed by atoms with E-state index in [1.807, 2.05) is 48.5 Å². The SMILES string of the molecule is O=C1CC(c2ccccc2)SC1c1ccccc1. The van der Waals surface area contributed by atoms with Gasteiger partial charge in [0.1, 0.15) is 0 Å². The molecule has 1 aliphatic heterocycles. The number of Topliss-reactive ketones (excluding diaryl/α,β-unsaturated/α-hetero) is 1. The second-order valence-electron chi connectivity index (χ2n) is 4.50. The summed E-state index contributed by atoms with van der Waals surface area (Å²) in [5, 5.41) is 0.320. The van der Waals surface area contributed by atoms with Crippen LogP contribution >= 0.6 is 11.8 Å². The molecule has 2 unspecified atom stereocenters. The van der Waals surface area contributed by atoms with Crippen LogP contribution in [-0.2, 0) is 4.79 Å². The van der Waals surface area contributed by atoms with Gasteiger partial charge in [0.25, 0.3) is 0 Å². The lowest BCUT2D eigenvalue weighted by Gasteiger charge is -2.10. The van der Waals surface area contributed by atoms with E-state index in [0.29, 0.717) is 17.5 Å². The molecule has 0 spiro atoms. The van der Waals surface area contributed by atoms with Gasteiger partial charge in [0, 0.05) is 11.7 Å². The molecule has 1 nitrogen and oxygen atoms in total. The van der Waals surface area contributed by atoms with Gasteiger partial charge in [0.15, 0.2) is 5.78 Å². The average Bonchev–Trinajstić information content (AvgIpc) is 2.83. The van der Waals surface area contributed by atoms with E-state index in [1.54, 1.807) is 11.8 Å². The first-order valence-electron chi connectivity index (χ1n) is 6.12.